The number of nitrogens with one attached hydrogen (secondary N) is 1. The summed E-state index contributed by atoms with van der Waals surface area (Å²) in [5.74, 6) is -1.55. The molecular weight excluding hydrogens is 585 g/mol. The van der Waals surface area contributed by atoms with Crippen LogP contribution in [0.2, 0.25) is 0 Å². The van der Waals surface area contributed by atoms with Gasteiger partial charge in [0.25, 0.3) is 0 Å². The molecule has 3 amide bonds. The fourth-order valence-electron chi connectivity index (χ4n) is 2.65. The van der Waals surface area contributed by atoms with Gasteiger partial charge in [-0.2, -0.15) is 0 Å². The van der Waals surface area contributed by atoms with Gasteiger partial charge in [0.15, 0.2) is 0 Å². The molecule has 0 aromatic heterocycles. The van der Waals surface area contributed by atoms with E-state index in [1.807, 2.05) is 6.92 Å². The number of benzene rings is 1. The van der Waals surface area contributed by atoms with Crippen molar-refractivity contribution in [2.24, 2.45) is 0 Å². The van der Waals surface area contributed by atoms with E-state index in [4.69, 9.17) is 4.74 Å². The fraction of sp³-hybridized carbons (Fsp3) is 0.522. The molecule has 9 nitrogen and oxygen atoms in total. The Kier molecular flexibility index (Phi) is 24.5. The molecule has 0 saturated heterocycles. The summed E-state index contributed by atoms with van der Waals surface area (Å²) >= 11 is 0. The normalized spacial score (nSPS) is 9.71. The van der Waals surface area contributed by atoms with E-state index >= 15 is 0 Å². The van der Waals surface area contributed by atoms with Crippen LogP contribution in [-0.4, -0.2) is 55.6 Å². The van der Waals surface area contributed by atoms with Crippen molar-refractivity contribution in [1.82, 2.24) is 5.32 Å². The van der Waals surface area contributed by atoms with Gasteiger partial charge in [0, 0.05) is 39.0 Å². The Labute approximate surface area is 299 Å². The maximum atomic E-state index is 11.9. The van der Waals surface area contributed by atoms with Crippen LogP contribution in [-0.2, 0) is 35.1 Å². The molecule has 0 spiro atoms. The van der Waals surface area contributed by atoms with E-state index in [-0.39, 0.29) is 160 Å². The van der Waals surface area contributed by atoms with E-state index in [1.54, 1.807) is 24.3 Å². The first-order valence-corrected chi connectivity index (χ1v) is 10.7. The van der Waals surface area contributed by atoms with Crippen molar-refractivity contribution in [3.05, 3.63) is 40.5 Å². The Morgan fingerprint density at radius 2 is 1.62 bits per heavy atom. The van der Waals surface area contributed by atoms with Gasteiger partial charge >= 0.3 is 116 Å². The molecule has 0 radical (unpaired) electrons. The number of ketones is 2. The van der Waals surface area contributed by atoms with Gasteiger partial charge in [0.2, 0.25) is 5.91 Å². The molecule has 11 heteroatoms. The summed E-state index contributed by atoms with van der Waals surface area (Å²) in [5, 5.41) is 10.4. The van der Waals surface area contributed by atoms with Gasteiger partial charge < -0.3 is 30.3 Å². The average molecular weight is 616 g/mol. The summed E-state index contributed by atoms with van der Waals surface area (Å²) in [6.07, 6.45) is 1.48. The minimum Gasteiger partial charge on any atom is -0.651 e. The molecule has 0 atom stereocenters. The third kappa shape index (κ3) is 19.7. The predicted molar refractivity (Wildman–Crippen MR) is 120 cm³/mol. The van der Waals surface area contributed by atoms with Gasteiger partial charge in [-0.3, -0.25) is 14.4 Å². The molecule has 0 fully saturated rings. The minimum atomic E-state index is -0.613. The predicted octanol–water partition coefficient (Wildman–Crippen LogP) is -3.07. The van der Waals surface area contributed by atoms with Crippen LogP contribution in [0.3, 0.4) is 0 Å². The number of Topliss-reactive ketones (excluding diaryl/α,β-unsaturated/α-hetero) is 2. The zero-order valence-electron chi connectivity index (χ0n) is 20.7. The van der Waals surface area contributed by atoms with Crippen LogP contribution in [0.15, 0.2) is 24.3 Å². The molecule has 0 aliphatic rings. The van der Waals surface area contributed by atoms with Crippen LogP contribution in [0, 0.1) is 0 Å². The molecule has 0 aliphatic heterocycles. The van der Waals surface area contributed by atoms with Crippen molar-refractivity contribution >= 4 is 35.0 Å². The molecule has 1 rings (SSSR count). The third-order valence-corrected chi connectivity index (χ3v) is 4.13. The molecule has 0 aliphatic carbocycles. The van der Waals surface area contributed by atoms with Gasteiger partial charge in [0.1, 0.15) is 11.6 Å². The third-order valence-electron chi connectivity index (χ3n) is 4.13. The number of rotatable bonds is 16. The molecule has 0 heterocycles. The largest absolute Gasteiger partial charge is 1.00 e. The molecule has 176 valence electrons. The number of hydrogen-bond donors (Lipinski definition) is 1. The monoisotopic (exact) mass is 615 g/mol. The van der Waals surface area contributed by atoms with Crippen LogP contribution >= 0.6 is 0 Å². The Morgan fingerprint density at radius 1 is 0.941 bits per heavy atom. The standard InChI is InChI=1S/C23H33N3O6.2Rb/c1-3-10-24-21(29)5-4-12-32-13-11-25-22(30)16-23(31)26-19-8-6-18(7-9-19)15-20(28)14-17(2)27;;/h6-9H,3-5,10-16H2,1-2H3,(H3,24,25,26,29,30,31);;/q;2*+1/p-2. The molecule has 1 aromatic rings. The fourth-order valence-corrected chi connectivity index (χ4v) is 2.65. The van der Waals surface area contributed by atoms with Crippen LogP contribution in [0.25, 0.3) is 10.6 Å². The SMILES string of the molecule is CCCNC(=O)CCCOCC[N-]C(=O)CC(=O)[N-]c1ccc(CC(=O)CC(C)=O)cc1.[Rb+].[Rb+]. The summed E-state index contributed by atoms with van der Waals surface area (Å²) in [6, 6.07) is 6.46. The Bertz CT molecular complexity index is 787. The molecule has 1 N–H and O–H groups in total. The van der Waals surface area contributed by atoms with Crippen molar-refractivity contribution in [1.29, 1.82) is 0 Å². The summed E-state index contributed by atoms with van der Waals surface area (Å²) in [4.78, 5) is 57.7. The molecule has 1 aromatic carbocycles. The molecule has 34 heavy (non-hydrogen) atoms. The summed E-state index contributed by atoms with van der Waals surface area (Å²) < 4.78 is 5.32. The summed E-state index contributed by atoms with van der Waals surface area (Å²) in [5.41, 5.74) is 1.09. The van der Waals surface area contributed by atoms with Crippen molar-refractivity contribution in [3.8, 4) is 0 Å². The Hall–Kier alpha value is 0.540. The number of nitrogens with zero attached hydrogens (tertiary/aromatic N) is 2. The van der Waals surface area contributed by atoms with Crippen LogP contribution in [0.5, 0.6) is 0 Å². The molecule has 0 saturated carbocycles. The van der Waals surface area contributed by atoms with Gasteiger partial charge in [-0.05, 0) is 25.3 Å². The van der Waals surface area contributed by atoms with E-state index in [0.29, 0.717) is 31.7 Å². The zero-order chi connectivity index (χ0) is 23.8. The summed E-state index contributed by atoms with van der Waals surface area (Å²) in [6.45, 7) is 4.78. The van der Waals surface area contributed by atoms with Crippen molar-refractivity contribution in [2.45, 2.75) is 52.4 Å². The number of amides is 3. The minimum absolute atomic E-state index is 0. The van der Waals surface area contributed by atoms with E-state index in [1.165, 1.54) is 6.92 Å². The first-order valence-electron chi connectivity index (χ1n) is 10.7. The molecule has 0 unspecified atom stereocenters. The number of carbonyl (C=O) groups excluding carboxylic acids is 5. The van der Waals surface area contributed by atoms with E-state index in [2.05, 4.69) is 16.0 Å². The second-order valence-electron chi connectivity index (χ2n) is 7.28. The van der Waals surface area contributed by atoms with Crippen LogP contribution in [0.4, 0.5) is 5.69 Å². The molecule has 0 bridgehead atoms. The van der Waals surface area contributed by atoms with Crippen molar-refractivity contribution < 1.29 is 145 Å². The Balaban J connectivity index is 0. The van der Waals surface area contributed by atoms with E-state index in [9.17, 15) is 24.0 Å². The van der Waals surface area contributed by atoms with E-state index < -0.39 is 18.2 Å². The van der Waals surface area contributed by atoms with E-state index in [0.717, 1.165) is 12.0 Å². The maximum Gasteiger partial charge on any atom is 1.00 e. The Morgan fingerprint density at radius 3 is 2.24 bits per heavy atom. The number of hydrogen-bond acceptors (Lipinski definition) is 6. The first-order chi connectivity index (χ1) is 15.3. The van der Waals surface area contributed by atoms with Gasteiger partial charge in [-0.1, -0.05) is 31.2 Å². The first kappa shape index (κ1) is 36.7. The smallest absolute Gasteiger partial charge is 0.651 e. The molecular formula is C23H31N3O6Rb2. The zero-order valence-corrected chi connectivity index (χ0v) is 30.6. The quantitative estimate of drug-likeness (QED) is 0.155. The van der Waals surface area contributed by atoms with Crippen molar-refractivity contribution in [3.63, 3.8) is 0 Å². The van der Waals surface area contributed by atoms with Crippen LogP contribution < -0.4 is 122 Å². The second-order valence-corrected chi connectivity index (χ2v) is 7.28. The average Bonchev–Trinajstić information content (AvgIpc) is 2.72. The second kappa shape index (κ2) is 22.7. The maximum absolute atomic E-state index is 11.9. The van der Waals surface area contributed by atoms with Crippen molar-refractivity contribution in [2.75, 3.05) is 26.3 Å². The topological polar surface area (TPSA) is 135 Å². The van der Waals surface area contributed by atoms with Gasteiger partial charge in [-0.25, -0.2) is 0 Å². The summed E-state index contributed by atoms with van der Waals surface area (Å²) in [7, 11) is 0. The number of carbonyl (C=O) groups is 5. The van der Waals surface area contributed by atoms with Gasteiger partial charge in [-0.15, -0.1) is 12.2 Å². The van der Waals surface area contributed by atoms with Crippen LogP contribution in [0.1, 0.15) is 51.5 Å². The number of ether oxygens (including phenoxy) is 1. The van der Waals surface area contributed by atoms with Gasteiger partial charge in [0.05, 0.1) is 18.2 Å².